The average Bonchev–Trinajstić information content (AvgIpc) is 2.82. The van der Waals surface area contributed by atoms with Crippen molar-refractivity contribution < 1.29 is 23.4 Å². The molecule has 0 bridgehead atoms. The molecule has 0 unspecified atom stereocenters. The molecule has 0 atom stereocenters. The van der Waals surface area contributed by atoms with Gasteiger partial charge in [0.15, 0.2) is 11.6 Å². The zero-order valence-corrected chi connectivity index (χ0v) is 20.2. The maximum atomic E-state index is 14.3. The van der Waals surface area contributed by atoms with E-state index in [1.165, 1.54) is 57.1 Å². The molecule has 2 aromatic rings. The molecule has 182 valence electrons. The molecule has 0 saturated carbocycles. The van der Waals surface area contributed by atoms with E-state index in [9.17, 15) is 9.18 Å². The Morgan fingerprint density at radius 2 is 1.24 bits per heavy atom. The quantitative estimate of drug-likeness (QED) is 0.136. The highest BCUT2D eigenvalue weighted by molar-refractivity contribution is 5.91. The Labute approximate surface area is 198 Å². The SMILES string of the molecule is CCCCCCCCCOc1ccc(OC(=O)c2ccc(OCCCCCC)cc2)cc1F. The molecule has 0 aliphatic rings. The number of halogens is 1. The lowest BCUT2D eigenvalue weighted by molar-refractivity contribution is 0.0734. The van der Waals surface area contributed by atoms with Gasteiger partial charge in [0.05, 0.1) is 18.8 Å². The lowest BCUT2D eigenvalue weighted by Crippen LogP contribution is -2.09. The molecule has 0 aliphatic heterocycles. The topological polar surface area (TPSA) is 44.8 Å². The van der Waals surface area contributed by atoms with E-state index in [-0.39, 0.29) is 11.5 Å². The minimum atomic E-state index is -0.541. The lowest BCUT2D eigenvalue weighted by atomic mass is 10.1. The van der Waals surface area contributed by atoms with Crippen LogP contribution in [0, 0.1) is 5.82 Å². The minimum Gasteiger partial charge on any atom is -0.494 e. The summed E-state index contributed by atoms with van der Waals surface area (Å²) < 4.78 is 30.9. The molecule has 0 aromatic heterocycles. The van der Waals surface area contributed by atoms with Crippen molar-refractivity contribution in [3.63, 3.8) is 0 Å². The van der Waals surface area contributed by atoms with Crippen molar-refractivity contribution in [3.8, 4) is 17.2 Å². The summed E-state index contributed by atoms with van der Waals surface area (Å²) in [5.74, 6) is -0.0227. The van der Waals surface area contributed by atoms with E-state index in [2.05, 4.69) is 13.8 Å². The van der Waals surface area contributed by atoms with Gasteiger partial charge < -0.3 is 14.2 Å². The van der Waals surface area contributed by atoms with Crippen LogP contribution >= 0.6 is 0 Å². The number of unbranched alkanes of at least 4 members (excludes halogenated alkanes) is 9. The number of benzene rings is 2. The van der Waals surface area contributed by atoms with Gasteiger partial charge in [-0.2, -0.15) is 0 Å². The lowest BCUT2D eigenvalue weighted by Gasteiger charge is -2.10. The molecule has 0 fully saturated rings. The monoisotopic (exact) mass is 458 g/mol. The third-order valence-electron chi connectivity index (χ3n) is 5.48. The van der Waals surface area contributed by atoms with E-state index in [1.807, 2.05) is 0 Å². The minimum absolute atomic E-state index is 0.150. The van der Waals surface area contributed by atoms with E-state index >= 15 is 0 Å². The average molecular weight is 459 g/mol. The summed E-state index contributed by atoms with van der Waals surface area (Å²) in [5, 5.41) is 0. The van der Waals surface area contributed by atoms with Crippen LogP contribution in [0.15, 0.2) is 42.5 Å². The van der Waals surface area contributed by atoms with Gasteiger partial charge in [-0.1, -0.05) is 71.6 Å². The van der Waals surface area contributed by atoms with Crippen LogP contribution in [0.1, 0.15) is 94.8 Å². The number of carbonyl (C=O) groups is 1. The Morgan fingerprint density at radius 3 is 1.88 bits per heavy atom. The highest BCUT2D eigenvalue weighted by Gasteiger charge is 2.12. The maximum absolute atomic E-state index is 14.3. The van der Waals surface area contributed by atoms with Gasteiger partial charge in [0, 0.05) is 6.07 Å². The van der Waals surface area contributed by atoms with Gasteiger partial charge in [-0.25, -0.2) is 9.18 Å². The van der Waals surface area contributed by atoms with Crippen LogP contribution in [0.2, 0.25) is 0 Å². The third kappa shape index (κ3) is 10.7. The van der Waals surface area contributed by atoms with Crippen LogP contribution in [-0.4, -0.2) is 19.2 Å². The van der Waals surface area contributed by atoms with Gasteiger partial charge in [-0.15, -0.1) is 0 Å². The Bertz CT molecular complexity index is 804. The number of carbonyl (C=O) groups excluding carboxylic acids is 1. The molecule has 0 spiro atoms. The number of hydrogen-bond donors (Lipinski definition) is 0. The highest BCUT2D eigenvalue weighted by atomic mass is 19.1. The van der Waals surface area contributed by atoms with Gasteiger partial charge in [0.2, 0.25) is 0 Å². The molecule has 2 aromatic carbocycles. The van der Waals surface area contributed by atoms with Crippen LogP contribution in [0.3, 0.4) is 0 Å². The standard InChI is InChI=1S/C28H39FO4/c1-3-5-7-9-10-11-13-21-32-27-19-18-25(22-26(27)29)33-28(30)23-14-16-24(17-15-23)31-20-12-8-6-4-2/h14-19,22H,3-13,20-21H2,1-2H3. The molecule has 0 N–H and O–H groups in total. The normalized spacial score (nSPS) is 10.8. The summed E-state index contributed by atoms with van der Waals surface area (Å²) in [4.78, 5) is 12.4. The highest BCUT2D eigenvalue weighted by Crippen LogP contribution is 2.24. The maximum Gasteiger partial charge on any atom is 0.343 e. The summed E-state index contributed by atoms with van der Waals surface area (Å²) in [5.41, 5.74) is 0.382. The summed E-state index contributed by atoms with van der Waals surface area (Å²) >= 11 is 0. The second-order valence-electron chi connectivity index (χ2n) is 8.39. The molecule has 0 heterocycles. The van der Waals surface area contributed by atoms with Gasteiger partial charge in [0.1, 0.15) is 11.5 Å². The van der Waals surface area contributed by atoms with Crippen molar-refractivity contribution in [2.75, 3.05) is 13.2 Å². The fraction of sp³-hybridized carbons (Fsp3) is 0.536. The zero-order chi connectivity index (χ0) is 23.7. The van der Waals surface area contributed by atoms with Gasteiger partial charge in [-0.3, -0.25) is 0 Å². The first-order valence-electron chi connectivity index (χ1n) is 12.5. The molecule has 2 rings (SSSR count). The summed E-state index contributed by atoms with van der Waals surface area (Å²) in [6.07, 6.45) is 12.8. The van der Waals surface area contributed by atoms with E-state index in [1.54, 1.807) is 30.3 Å². The number of ether oxygens (including phenoxy) is 3. The number of rotatable bonds is 17. The van der Waals surface area contributed by atoms with E-state index in [0.29, 0.717) is 18.8 Å². The fourth-order valence-electron chi connectivity index (χ4n) is 3.48. The summed E-state index contributed by atoms with van der Waals surface area (Å²) in [6, 6.07) is 11.0. The molecule has 0 saturated heterocycles. The molecule has 33 heavy (non-hydrogen) atoms. The summed E-state index contributed by atoms with van der Waals surface area (Å²) in [7, 11) is 0. The van der Waals surface area contributed by atoms with Crippen LogP contribution in [0.5, 0.6) is 17.2 Å². The number of hydrogen-bond acceptors (Lipinski definition) is 4. The van der Waals surface area contributed by atoms with Crippen molar-refractivity contribution >= 4 is 5.97 Å². The van der Waals surface area contributed by atoms with Gasteiger partial charge in [-0.05, 0) is 49.2 Å². The molecular formula is C28H39FO4. The van der Waals surface area contributed by atoms with Crippen LogP contribution in [0.25, 0.3) is 0 Å². The van der Waals surface area contributed by atoms with Crippen LogP contribution < -0.4 is 14.2 Å². The van der Waals surface area contributed by atoms with E-state index < -0.39 is 11.8 Å². The molecule has 5 heteroatoms. The molecule has 0 radical (unpaired) electrons. The first kappa shape index (κ1) is 26.7. The van der Waals surface area contributed by atoms with Gasteiger partial charge in [0.25, 0.3) is 0 Å². The Balaban J connectivity index is 1.73. The zero-order valence-electron chi connectivity index (χ0n) is 20.2. The first-order chi connectivity index (χ1) is 16.1. The summed E-state index contributed by atoms with van der Waals surface area (Å²) in [6.45, 7) is 5.53. The van der Waals surface area contributed by atoms with Crippen molar-refractivity contribution in [2.45, 2.75) is 84.5 Å². The largest absolute Gasteiger partial charge is 0.494 e. The van der Waals surface area contributed by atoms with Crippen molar-refractivity contribution in [2.24, 2.45) is 0 Å². The molecular weight excluding hydrogens is 419 g/mol. The molecule has 0 aliphatic carbocycles. The fourth-order valence-corrected chi connectivity index (χ4v) is 3.48. The van der Waals surface area contributed by atoms with E-state index in [4.69, 9.17) is 14.2 Å². The Morgan fingerprint density at radius 1 is 0.697 bits per heavy atom. The predicted octanol–water partition coefficient (Wildman–Crippen LogP) is 8.13. The van der Waals surface area contributed by atoms with Crippen LogP contribution in [0.4, 0.5) is 4.39 Å². The first-order valence-corrected chi connectivity index (χ1v) is 12.5. The molecule has 0 amide bonds. The second kappa shape index (κ2) is 16.1. The molecule has 4 nitrogen and oxygen atoms in total. The van der Waals surface area contributed by atoms with Gasteiger partial charge >= 0.3 is 5.97 Å². The van der Waals surface area contributed by atoms with Crippen molar-refractivity contribution in [3.05, 3.63) is 53.8 Å². The Kier molecular flexibility index (Phi) is 13.0. The smallest absolute Gasteiger partial charge is 0.343 e. The number of esters is 1. The van der Waals surface area contributed by atoms with Crippen molar-refractivity contribution in [1.82, 2.24) is 0 Å². The van der Waals surface area contributed by atoms with Crippen molar-refractivity contribution in [1.29, 1.82) is 0 Å². The Hall–Kier alpha value is -2.56. The van der Waals surface area contributed by atoms with E-state index in [0.717, 1.165) is 31.4 Å². The van der Waals surface area contributed by atoms with Crippen LogP contribution in [-0.2, 0) is 0 Å². The second-order valence-corrected chi connectivity index (χ2v) is 8.39. The third-order valence-corrected chi connectivity index (χ3v) is 5.48. The predicted molar refractivity (Wildman–Crippen MR) is 131 cm³/mol.